The van der Waals surface area contributed by atoms with Crippen LogP contribution in [0.4, 0.5) is 57.8 Å². The molecule has 12 heterocycles. The van der Waals surface area contributed by atoms with E-state index in [9.17, 15) is 74.6 Å². The lowest BCUT2D eigenvalue weighted by atomic mass is 9.95. The van der Waals surface area contributed by atoms with Crippen molar-refractivity contribution in [2.75, 3.05) is 133 Å². The van der Waals surface area contributed by atoms with Crippen LogP contribution < -0.4 is 30.7 Å². The second-order valence-electron chi connectivity index (χ2n) is 31.5. The van der Waals surface area contributed by atoms with Crippen molar-refractivity contribution < 1.29 is 99.0 Å². The van der Waals surface area contributed by atoms with Crippen molar-refractivity contribution in [3.63, 3.8) is 0 Å². The number of carboxylic acid groups (broad SMARTS) is 3. The van der Waals surface area contributed by atoms with E-state index >= 15 is 0 Å². The monoisotopic (exact) mass is 2090 g/mol. The van der Waals surface area contributed by atoms with E-state index in [2.05, 4.69) is 93.4 Å². The molecule has 33 nitrogen and oxygen atoms in total. The molecule has 6 aromatic carbocycles. The Balaban J connectivity index is 0.000000146. The van der Waals surface area contributed by atoms with Crippen LogP contribution >= 0.6 is 81.8 Å². The van der Waals surface area contributed by atoms with Gasteiger partial charge in [-0.2, -0.15) is 0 Å². The number of urea groups is 3. The molecular formula is C89H79Br3F6N18O15S3. The third-order valence-corrected chi connectivity index (χ3v) is 27.8. The summed E-state index contributed by atoms with van der Waals surface area (Å²) in [5.41, 5.74) is 3.60. The fourth-order valence-corrected chi connectivity index (χ4v) is 20.7. The second kappa shape index (κ2) is 40.7. The normalized spacial score (nSPS) is 20.2. The van der Waals surface area contributed by atoms with Crippen LogP contribution in [0.1, 0.15) is 94.8 Å². The summed E-state index contributed by atoms with van der Waals surface area (Å²) in [4.78, 5) is 157. The van der Waals surface area contributed by atoms with E-state index in [-0.39, 0.29) is 134 Å². The first-order valence-corrected chi connectivity index (χ1v) is 46.7. The van der Waals surface area contributed by atoms with E-state index < -0.39 is 94.4 Å². The molecule has 0 spiro atoms. The number of esters is 3. The number of nitrogens with one attached hydrogen (secondary N) is 3. The number of hydrogen-bond acceptors (Lipinski definition) is 27. The lowest BCUT2D eigenvalue weighted by Crippen LogP contribution is -2.53. The molecule has 45 heteroatoms. The maximum atomic E-state index is 14.9. The Kier molecular flexibility index (Phi) is 28.7. The van der Waals surface area contributed by atoms with Crippen LogP contribution in [0.5, 0.6) is 0 Å². The summed E-state index contributed by atoms with van der Waals surface area (Å²) in [6, 6.07) is 18.9. The number of aromatic nitrogens is 3. The Morgan fingerprint density at radius 1 is 0.425 bits per heavy atom. The van der Waals surface area contributed by atoms with Crippen LogP contribution in [0.15, 0.2) is 206 Å². The zero-order valence-corrected chi connectivity index (χ0v) is 78.1. The molecule has 3 aromatic heterocycles. The first kappa shape index (κ1) is 94.6. The summed E-state index contributed by atoms with van der Waals surface area (Å²) < 4.78 is 104. The fourth-order valence-electron chi connectivity index (χ4n) is 17.2. The third-order valence-electron chi connectivity index (χ3n) is 23.4. The molecule has 9 aliphatic heterocycles. The average molecular weight is 2090 g/mol. The number of carbonyl (C=O) groups is 9. The van der Waals surface area contributed by atoms with E-state index in [1.807, 2.05) is 16.1 Å². The molecule has 6 fully saturated rings. The lowest BCUT2D eigenvalue weighted by Gasteiger charge is -2.38. The number of fused-ring (bicyclic) bond motifs is 3. The van der Waals surface area contributed by atoms with Crippen LogP contribution in [0, 0.1) is 34.9 Å². The minimum Gasteiger partial charge on any atom is -0.478 e. The van der Waals surface area contributed by atoms with Gasteiger partial charge in [0.15, 0.2) is 32.5 Å². The number of amides is 6. The molecule has 696 valence electrons. The fraction of sp³-hybridized carbons (Fsp3) is 0.292. The molecule has 0 bridgehead atoms. The van der Waals surface area contributed by atoms with Gasteiger partial charge in [0.25, 0.3) is 0 Å². The smallest absolute Gasteiger partial charge is 0.338 e. The van der Waals surface area contributed by atoms with Gasteiger partial charge in [-0.3, -0.25) is 44.4 Å². The highest BCUT2D eigenvalue weighted by Crippen LogP contribution is 2.43. The average Bonchev–Trinajstić information content (AvgIpc) is 1.17. The van der Waals surface area contributed by atoms with E-state index in [1.54, 1.807) is 65.3 Å². The second-order valence-corrected chi connectivity index (χ2v) is 36.7. The minimum atomic E-state index is -1.38. The molecule has 9 aliphatic rings. The van der Waals surface area contributed by atoms with Gasteiger partial charge in [-0.1, -0.05) is 66.0 Å². The van der Waals surface area contributed by atoms with Crippen molar-refractivity contribution in [1.29, 1.82) is 0 Å². The SMILES string of the molecule is CCOC(=O)C1=C(CN2CCN3C(=O)N(c4ccc(C(=O)O)c(F)c4)C[C@@H]3C2)NC(c2nccs2)=N[C@H]1c1ccc(F)cc1Br.CCOC(=O)C1=C(CN2CCN3C(=O)N(c4ccc(C(=O)O)cc4F)C[C@@H]3C2)NC(c2nccs2)=N[C@H]1c1ccc(F)cc1Br.COC(=O)C1=C(CN2CCN3C(=O)N(c4ccc(C(=O)O)cc4F)C[C@@H]3C2)NC(c2nccs2)=N[C@H]1c1ccc(F)cc1Br. The number of ether oxygens (including phenoxy) is 3. The maximum absolute atomic E-state index is 14.9. The summed E-state index contributed by atoms with van der Waals surface area (Å²) in [7, 11) is 1.28. The predicted molar refractivity (Wildman–Crippen MR) is 491 cm³/mol. The van der Waals surface area contributed by atoms with E-state index in [0.717, 1.165) is 24.3 Å². The zero-order valence-electron chi connectivity index (χ0n) is 70.9. The van der Waals surface area contributed by atoms with Crippen molar-refractivity contribution in [1.82, 2.24) is 60.3 Å². The molecular weight excluding hydrogens is 2010 g/mol. The molecule has 0 radical (unpaired) electrons. The zero-order chi connectivity index (χ0) is 94.8. The Hall–Kier alpha value is -12.6. The van der Waals surface area contributed by atoms with Crippen LogP contribution in [-0.4, -0.2) is 268 Å². The summed E-state index contributed by atoms with van der Waals surface area (Å²) in [5.74, 6) is -8.09. The van der Waals surface area contributed by atoms with Crippen LogP contribution in [-0.2, 0) is 28.6 Å². The Morgan fingerprint density at radius 2 is 0.776 bits per heavy atom. The quantitative estimate of drug-likeness (QED) is 0.0197. The van der Waals surface area contributed by atoms with Crippen LogP contribution in [0.3, 0.4) is 0 Å². The van der Waals surface area contributed by atoms with Crippen molar-refractivity contribution in [3.05, 3.63) is 274 Å². The summed E-state index contributed by atoms with van der Waals surface area (Å²) >= 11 is 14.4. The van der Waals surface area contributed by atoms with Crippen molar-refractivity contribution in [3.8, 4) is 0 Å². The highest BCUT2D eigenvalue weighted by atomic mass is 79.9. The van der Waals surface area contributed by atoms with Gasteiger partial charge >= 0.3 is 53.9 Å². The topological polar surface area (TPSA) is 383 Å². The number of amidine groups is 3. The highest BCUT2D eigenvalue weighted by molar-refractivity contribution is 9.11. The van der Waals surface area contributed by atoms with Crippen LogP contribution in [0.25, 0.3) is 0 Å². The largest absolute Gasteiger partial charge is 0.478 e. The summed E-state index contributed by atoms with van der Waals surface area (Å²) in [6.07, 6.45) is 4.95. The Morgan fingerprint density at radius 3 is 1.08 bits per heavy atom. The number of hydrogen-bond donors (Lipinski definition) is 6. The van der Waals surface area contributed by atoms with Gasteiger partial charge in [0.05, 0.1) is 83.2 Å². The number of aliphatic imine (C=N–C) groups is 3. The number of nitrogens with zero attached hydrogens (tertiary/aromatic N) is 15. The van der Waals surface area contributed by atoms with Crippen LogP contribution in [0.2, 0.25) is 0 Å². The number of carbonyl (C=O) groups excluding carboxylic acids is 6. The highest BCUT2D eigenvalue weighted by Gasteiger charge is 2.48. The molecule has 0 saturated carbocycles. The van der Waals surface area contributed by atoms with E-state index in [4.69, 9.17) is 39.4 Å². The number of benzene rings is 6. The van der Waals surface area contributed by atoms with Gasteiger partial charge in [-0.25, -0.2) is 84.4 Å². The van der Waals surface area contributed by atoms with Gasteiger partial charge in [-0.05, 0) is 122 Å². The Labute approximate surface area is 796 Å². The van der Waals surface area contributed by atoms with Gasteiger partial charge in [0, 0.05) is 169 Å². The number of rotatable bonds is 23. The van der Waals surface area contributed by atoms with Gasteiger partial charge < -0.3 is 60.2 Å². The molecule has 18 rings (SSSR count). The molecule has 134 heavy (non-hydrogen) atoms. The first-order chi connectivity index (χ1) is 64.4. The number of thiazole rings is 3. The molecule has 0 unspecified atom stereocenters. The molecule has 9 aromatic rings. The third kappa shape index (κ3) is 20.0. The van der Waals surface area contributed by atoms with E-state index in [1.165, 1.54) is 123 Å². The molecule has 0 aliphatic carbocycles. The standard InChI is InChI=1S/2C30H27BrF2N6O5S.C29H25BrF2N6O5S/c1-2-44-29(42)24-22(35-26(27-34-7-10-45-27)36-25(24)19-5-4-17(32)12-20(19)31)15-37-8-9-38-18(13-37)14-39(30(38)43)23-6-3-16(28(40)41)11-21(23)33;1-2-44-29(42)24-23(35-26(27-34-7-10-45-27)36-25(24)19-5-3-16(32)11-21(19)31)15-37-8-9-38-18(13-37)14-39(30(38)43)17-4-6-20(28(40)41)22(33)12-17;1-43-28(41)23-21(34-25(26-33-6-9-44-26)35-24(23)18-4-3-16(31)11-19(18)30)14-36-7-8-37-17(12-36)13-38(29(37)42)22-5-2-15(27(39)40)10-20(22)32/h2*3-7,10-12,18,25H,2,8-9,13-15H2,1H3,(H,35,36)(H,40,41);2-6,9-11,17,24H,7-8,12-14H2,1H3,(H,34,35)(H,39,40)/t2*18-,25-;17-,24-/m000/s1. The van der Waals surface area contributed by atoms with E-state index in [0.29, 0.717) is 139 Å². The number of carboxylic acids is 3. The predicted octanol–water partition coefficient (Wildman–Crippen LogP) is 12.9. The molecule has 6 saturated heterocycles. The number of methoxy groups -OCH3 is 1. The Bertz CT molecular complexity index is 6380. The lowest BCUT2D eigenvalue weighted by molar-refractivity contribution is -0.139. The van der Waals surface area contributed by atoms with Gasteiger partial charge in [0.1, 0.15) is 53.0 Å². The van der Waals surface area contributed by atoms with Gasteiger partial charge in [-0.15, -0.1) is 34.0 Å². The number of halogens is 9. The molecule has 6 atom stereocenters. The minimum absolute atomic E-state index is 0.0163. The summed E-state index contributed by atoms with van der Waals surface area (Å²) in [6.45, 7) is 9.02. The summed E-state index contributed by atoms with van der Waals surface area (Å²) in [5, 5.41) is 44.7. The molecule has 6 amide bonds. The van der Waals surface area contributed by atoms with Crippen molar-refractivity contribution in [2.24, 2.45) is 15.0 Å². The number of anilines is 3. The van der Waals surface area contributed by atoms with Crippen molar-refractivity contribution in [2.45, 2.75) is 50.1 Å². The molecule has 6 N–H and O–H groups in total. The number of piperazine rings is 3. The number of aromatic carboxylic acids is 3. The maximum Gasteiger partial charge on any atom is 0.338 e. The van der Waals surface area contributed by atoms with Gasteiger partial charge in [0.2, 0.25) is 0 Å². The van der Waals surface area contributed by atoms with Crippen molar-refractivity contribution >= 4 is 170 Å². The first-order valence-electron chi connectivity index (χ1n) is 41.6.